The lowest BCUT2D eigenvalue weighted by Crippen LogP contribution is -2.31. The van der Waals surface area contributed by atoms with Crippen molar-refractivity contribution in [3.63, 3.8) is 0 Å². The molecule has 0 aliphatic heterocycles. The molecule has 0 bridgehead atoms. The summed E-state index contributed by atoms with van der Waals surface area (Å²) in [6.07, 6.45) is 6.14. The molecule has 1 aromatic rings. The fraction of sp³-hybridized carbons (Fsp3) is 0.636. The summed E-state index contributed by atoms with van der Waals surface area (Å²) in [6, 6.07) is 0. The molecule has 1 aromatic heterocycles. The Bertz CT molecular complexity index is 393. The summed E-state index contributed by atoms with van der Waals surface area (Å²) in [5.41, 5.74) is 5.54. The first-order valence-corrected chi connectivity index (χ1v) is 6.57. The third-order valence-electron chi connectivity index (χ3n) is 3.39. The molecule has 5 nitrogen and oxygen atoms in total. The molecule has 1 fully saturated rings. The van der Waals surface area contributed by atoms with Crippen LogP contribution in [-0.2, 0) is 0 Å². The van der Waals surface area contributed by atoms with Crippen molar-refractivity contribution >= 4 is 27.7 Å². The average molecular weight is 301 g/mol. The van der Waals surface area contributed by atoms with E-state index in [-0.39, 0.29) is 18.0 Å². The van der Waals surface area contributed by atoms with Crippen molar-refractivity contribution in [2.45, 2.75) is 25.7 Å². The minimum atomic E-state index is -0.000841. The summed E-state index contributed by atoms with van der Waals surface area (Å²) >= 11 is 3.37. The molecule has 4 N–H and O–H groups in total. The maximum Gasteiger partial charge on any atom is 0.221 e. The Morgan fingerprint density at radius 1 is 1.47 bits per heavy atom. The second-order valence-electron chi connectivity index (χ2n) is 4.64. The smallest absolute Gasteiger partial charge is 0.221 e. The predicted molar refractivity (Wildman–Crippen MR) is 70.6 cm³/mol. The first-order valence-electron chi connectivity index (χ1n) is 5.78. The first-order chi connectivity index (χ1) is 8.15. The highest BCUT2D eigenvalue weighted by atomic mass is 79.9. The summed E-state index contributed by atoms with van der Waals surface area (Å²) in [7, 11) is 0. The number of nitrogen functional groups attached to an aromatic ring is 1. The molecule has 6 heteroatoms. The van der Waals surface area contributed by atoms with E-state index in [9.17, 15) is 5.11 Å². The zero-order valence-electron chi connectivity index (χ0n) is 9.62. The van der Waals surface area contributed by atoms with Gasteiger partial charge in [-0.05, 0) is 28.8 Å². The highest BCUT2D eigenvalue weighted by Crippen LogP contribution is 2.37. The van der Waals surface area contributed by atoms with Gasteiger partial charge < -0.3 is 16.2 Å². The lowest BCUT2D eigenvalue weighted by Gasteiger charge is -2.27. The normalized spacial score (nSPS) is 18.2. The molecule has 1 heterocycles. The maximum atomic E-state index is 9.51. The highest BCUT2D eigenvalue weighted by molar-refractivity contribution is 9.10. The van der Waals surface area contributed by atoms with Gasteiger partial charge in [0.05, 0.1) is 11.1 Å². The molecular weight excluding hydrogens is 284 g/mol. The van der Waals surface area contributed by atoms with E-state index in [0.717, 1.165) is 23.9 Å². The number of aliphatic hydroxyl groups excluding tert-OH is 1. The van der Waals surface area contributed by atoms with Gasteiger partial charge in [-0.25, -0.2) is 4.98 Å². The van der Waals surface area contributed by atoms with Gasteiger partial charge in [-0.2, -0.15) is 4.98 Å². The van der Waals surface area contributed by atoms with Crippen LogP contribution >= 0.6 is 15.9 Å². The van der Waals surface area contributed by atoms with E-state index in [0.29, 0.717) is 5.82 Å². The molecule has 0 aromatic carbocycles. The number of rotatable bonds is 4. The standard InChI is InChI=1S/C11H17BrN4O/c12-8-5-14-10(13)16-9(8)15-6-11(7-17)3-1-2-4-11/h5,17H,1-4,6-7H2,(H3,13,14,15,16). The number of aliphatic hydroxyl groups is 1. The van der Waals surface area contributed by atoms with Crippen LogP contribution in [-0.4, -0.2) is 28.2 Å². The molecule has 1 saturated carbocycles. The van der Waals surface area contributed by atoms with Crippen molar-refractivity contribution in [2.24, 2.45) is 5.41 Å². The molecule has 0 saturated heterocycles. The molecule has 1 aliphatic carbocycles. The van der Waals surface area contributed by atoms with Gasteiger partial charge in [-0.3, -0.25) is 0 Å². The zero-order valence-corrected chi connectivity index (χ0v) is 11.2. The van der Waals surface area contributed by atoms with Gasteiger partial charge in [0.1, 0.15) is 5.82 Å². The number of aromatic nitrogens is 2. The lowest BCUT2D eigenvalue weighted by atomic mass is 9.87. The molecule has 0 amide bonds. The number of nitrogens with two attached hydrogens (primary N) is 1. The third kappa shape index (κ3) is 2.87. The van der Waals surface area contributed by atoms with Gasteiger partial charge in [0, 0.05) is 18.2 Å². The van der Waals surface area contributed by atoms with Crippen LogP contribution in [0.25, 0.3) is 0 Å². The number of halogens is 1. The van der Waals surface area contributed by atoms with Gasteiger partial charge in [-0.15, -0.1) is 0 Å². The molecule has 1 aliphatic rings. The summed E-state index contributed by atoms with van der Waals surface area (Å²) in [5, 5.41) is 12.8. The molecular formula is C11H17BrN4O. The largest absolute Gasteiger partial charge is 0.396 e. The number of nitrogens with zero attached hydrogens (tertiary/aromatic N) is 2. The number of anilines is 2. The lowest BCUT2D eigenvalue weighted by molar-refractivity contribution is 0.142. The Morgan fingerprint density at radius 3 is 2.82 bits per heavy atom. The minimum Gasteiger partial charge on any atom is -0.396 e. The Labute approximate surface area is 109 Å². The average Bonchev–Trinajstić information content (AvgIpc) is 2.80. The van der Waals surface area contributed by atoms with E-state index in [1.165, 1.54) is 12.8 Å². The van der Waals surface area contributed by atoms with E-state index in [4.69, 9.17) is 5.73 Å². The fourth-order valence-corrected chi connectivity index (χ4v) is 2.62. The first kappa shape index (κ1) is 12.6. The SMILES string of the molecule is Nc1ncc(Br)c(NCC2(CO)CCCC2)n1. The van der Waals surface area contributed by atoms with Gasteiger partial charge >= 0.3 is 0 Å². The van der Waals surface area contributed by atoms with Crippen LogP contribution in [0.4, 0.5) is 11.8 Å². The van der Waals surface area contributed by atoms with Gasteiger partial charge in [-0.1, -0.05) is 12.8 Å². The predicted octanol–water partition coefficient (Wildman–Crippen LogP) is 1.79. The molecule has 0 radical (unpaired) electrons. The molecule has 17 heavy (non-hydrogen) atoms. The van der Waals surface area contributed by atoms with Crippen LogP contribution < -0.4 is 11.1 Å². The highest BCUT2D eigenvalue weighted by Gasteiger charge is 2.33. The Morgan fingerprint density at radius 2 is 2.18 bits per heavy atom. The monoisotopic (exact) mass is 300 g/mol. The van der Waals surface area contributed by atoms with Crippen LogP contribution in [0.3, 0.4) is 0 Å². The topological polar surface area (TPSA) is 84.1 Å². The summed E-state index contributed by atoms with van der Waals surface area (Å²) < 4.78 is 0.790. The van der Waals surface area contributed by atoms with Crippen molar-refractivity contribution < 1.29 is 5.11 Å². The summed E-state index contributed by atoms with van der Waals surface area (Å²) in [6.45, 7) is 0.941. The van der Waals surface area contributed by atoms with Crippen LogP contribution in [0.2, 0.25) is 0 Å². The number of hydrogen-bond acceptors (Lipinski definition) is 5. The molecule has 0 atom stereocenters. The van der Waals surface area contributed by atoms with Crippen LogP contribution in [0.15, 0.2) is 10.7 Å². The van der Waals surface area contributed by atoms with E-state index < -0.39 is 0 Å². The van der Waals surface area contributed by atoms with Crippen molar-refractivity contribution in [1.82, 2.24) is 9.97 Å². The van der Waals surface area contributed by atoms with Crippen molar-refractivity contribution in [3.8, 4) is 0 Å². The number of nitrogens with one attached hydrogen (secondary N) is 1. The number of hydrogen-bond donors (Lipinski definition) is 3. The van der Waals surface area contributed by atoms with Crippen LogP contribution in [0.1, 0.15) is 25.7 Å². The molecule has 2 rings (SSSR count). The van der Waals surface area contributed by atoms with Crippen molar-refractivity contribution in [1.29, 1.82) is 0 Å². The quantitative estimate of drug-likeness (QED) is 0.789. The summed E-state index contributed by atoms with van der Waals surface area (Å²) in [5.74, 6) is 0.942. The fourth-order valence-electron chi connectivity index (χ4n) is 2.29. The molecule has 0 unspecified atom stereocenters. The second kappa shape index (κ2) is 5.18. The van der Waals surface area contributed by atoms with Crippen LogP contribution in [0.5, 0.6) is 0 Å². The van der Waals surface area contributed by atoms with Gasteiger partial charge in [0.25, 0.3) is 0 Å². The van der Waals surface area contributed by atoms with Gasteiger partial charge in [0.2, 0.25) is 5.95 Å². The molecule has 94 valence electrons. The summed E-state index contributed by atoms with van der Waals surface area (Å²) in [4.78, 5) is 8.01. The maximum absolute atomic E-state index is 9.51. The van der Waals surface area contributed by atoms with E-state index in [1.54, 1.807) is 6.20 Å². The van der Waals surface area contributed by atoms with Crippen LogP contribution in [0, 0.1) is 5.41 Å². The van der Waals surface area contributed by atoms with Crippen molar-refractivity contribution in [3.05, 3.63) is 10.7 Å². The Kier molecular flexibility index (Phi) is 3.83. The zero-order chi connectivity index (χ0) is 12.3. The second-order valence-corrected chi connectivity index (χ2v) is 5.50. The van der Waals surface area contributed by atoms with Gasteiger partial charge in [0.15, 0.2) is 0 Å². The molecule has 0 spiro atoms. The Balaban J connectivity index is 2.03. The van der Waals surface area contributed by atoms with E-state index in [2.05, 4.69) is 31.2 Å². The van der Waals surface area contributed by atoms with E-state index in [1.807, 2.05) is 0 Å². The minimum absolute atomic E-state index is 0.000841. The Hall–Kier alpha value is -0.880. The van der Waals surface area contributed by atoms with E-state index >= 15 is 0 Å². The third-order valence-corrected chi connectivity index (χ3v) is 3.97. The van der Waals surface area contributed by atoms with Crippen molar-refractivity contribution in [2.75, 3.05) is 24.2 Å².